The maximum atomic E-state index is 13.6. The highest BCUT2D eigenvalue weighted by atomic mass is 32.2. The van der Waals surface area contributed by atoms with E-state index in [9.17, 15) is 14.4 Å². The number of carbonyl (C=O) groups excluding carboxylic acids is 3. The number of urea groups is 1. The smallest absolute Gasteiger partial charge is 0.326 e. The molecule has 4 atom stereocenters. The van der Waals surface area contributed by atoms with Crippen LogP contribution in [0.1, 0.15) is 18.4 Å². The number of ether oxygens (including phenoxy) is 1. The van der Waals surface area contributed by atoms with Gasteiger partial charge in [-0.1, -0.05) is 30.0 Å². The number of amides is 4. The average molecular weight is 563 g/mol. The summed E-state index contributed by atoms with van der Waals surface area (Å²) in [6.45, 7) is 4.15. The summed E-state index contributed by atoms with van der Waals surface area (Å²) in [5, 5.41) is 12.6. The van der Waals surface area contributed by atoms with Crippen LogP contribution in [0.4, 0.5) is 10.5 Å². The third-order valence-corrected chi connectivity index (χ3v) is 9.31. The lowest BCUT2D eigenvalue weighted by molar-refractivity contribution is -0.129. The number of nitrogens with zero attached hydrogens (tertiary/aromatic N) is 2. The van der Waals surface area contributed by atoms with Crippen LogP contribution < -0.4 is 30.9 Å². The van der Waals surface area contributed by atoms with Crippen molar-refractivity contribution in [3.05, 3.63) is 64.7 Å². The molecule has 6 rings (SSSR count). The summed E-state index contributed by atoms with van der Waals surface area (Å²) in [4.78, 5) is 43.4. The summed E-state index contributed by atoms with van der Waals surface area (Å²) in [5.41, 5.74) is 2.48. The summed E-state index contributed by atoms with van der Waals surface area (Å²) >= 11 is 1.49. The molecule has 0 spiro atoms. The minimum absolute atomic E-state index is 0.00382. The second-order valence-electron chi connectivity index (χ2n) is 10.6. The summed E-state index contributed by atoms with van der Waals surface area (Å²) in [6.07, 6.45) is 1.49. The normalized spacial score (nSPS) is 25.5. The van der Waals surface area contributed by atoms with Crippen LogP contribution in [0.5, 0.6) is 11.5 Å². The maximum Gasteiger partial charge on any atom is 0.326 e. The minimum Gasteiger partial charge on any atom is -0.457 e. The Morgan fingerprint density at radius 2 is 1.95 bits per heavy atom. The van der Waals surface area contributed by atoms with Crippen LogP contribution in [0.3, 0.4) is 0 Å². The number of hydrogen-bond donors (Lipinski definition) is 4. The van der Waals surface area contributed by atoms with Gasteiger partial charge in [0.1, 0.15) is 11.5 Å². The Labute approximate surface area is 237 Å². The quantitative estimate of drug-likeness (QED) is 0.410. The van der Waals surface area contributed by atoms with Crippen molar-refractivity contribution in [3.8, 4) is 11.5 Å². The number of anilines is 1. The number of thioether (sulfide) groups is 1. The van der Waals surface area contributed by atoms with E-state index in [2.05, 4.69) is 21.3 Å². The summed E-state index contributed by atoms with van der Waals surface area (Å²) < 4.78 is 6.00. The molecule has 0 saturated carbocycles. The third kappa shape index (κ3) is 5.04. The van der Waals surface area contributed by atoms with Crippen molar-refractivity contribution in [2.45, 2.75) is 37.2 Å². The molecule has 0 aliphatic carbocycles. The molecule has 4 N–H and O–H groups in total. The van der Waals surface area contributed by atoms with Crippen molar-refractivity contribution in [1.82, 2.24) is 26.2 Å². The summed E-state index contributed by atoms with van der Waals surface area (Å²) in [7, 11) is 1.75. The van der Waals surface area contributed by atoms with Gasteiger partial charge in [0.15, 0.2) is 0 Å². The first kappa shape index (κ1) is 26.7. The molecule has 210 valence electrons. The van der Waals surface area contributed by atoms with Gasteiger partial charge in [0.25, 0.3) is 5.91 Å². The average Bonchev–Trinajstić information content (AvgIpc) is 3.56. The fourth-order valence-electron chi connectivity index (χ4n) is 6.11. The van der Waals surface area contributed by atoms with E-state index in [1.54, 1.807) is 11.9 Å². The molecular formula is C29H34N6O4S. The molecule has 2 aromatic carbocycles. The largest absolute Gasteiger partial charge is 0.457 e. The van der Waals surface area contributed by atoms with Gasteiger partial charge in [0.05, 0.1) is 22.9 Å². The van der Waals surface area contributed by atoms with Crippen molar-refractivity contribution < 1.29 is 19.1 Å². The number of aryl methyl sites for hydroxylation is 1. The van der Waals surface area contributed by atoms with E-state index in [1.165, 1.54) is 11.8 Å². The molecule has 0 bridgehead atoms. The Morgan fingerprint density at radius 1 is 1.12 bits per heavy atom. The van der Waals surface area contributed by atoms with Gasteiger partial charge in [-0.25, -0.2) is 4.79 Å². The SMILES string of the molecule is CNCC(=O)N1CC[C@@H](NC(=O)C2=C3NC(=O)N(c4ccc(Oc5ccccc5)cc4C)C4CCNC(S2)C34)C1. The van der Waals surface area contributed by atoms with Gasteiger partial charge < -0.3 is 30.9 Å². The van der Waals surface area contributed by atoms with E-state index < -0.39 is 0 Å². The van der Waals surface area contributed by atoms with Crippen molar-refractivity contribution in [2.24, 2.45) is 5.92 Å². The molecule has 3 saturated heterocycles. The molecule has 10 nitrogen and oxygen atoms in total. The maximum absolute atomic E-state index is 13.6. The molecule has 0 radical (unpaired) electrons. The zero-order chi connectivity index (χ0) is 27.8. The molecule has 2 aromatic rings. The third-order valence-electron chi connectivity index (χ3n) is 7.96. The van der Waals surface area contributed by atoms with Gasteiger partial charge in [-0.15, -0.1) is 0 Å². The zero-order valence-electron chi connectivity index (χ0n) is 22.6. The van der Waals surface area contributed by atoms with E-state index >= 15 is 0 Å². The molecule has 4 amide bonds. The van der Waals surface area contributed by atoms with E-state index in [0.717, 1.165) is 30.0 Å². The van der Waals surface area contributed by atoms with Gasteiger partial charge in [-0.2, -0.15) is 0 Å². The monoisotopic (exact) mass is 562 g/mol. The number of likely N-dealkylation sites (N-methyl/N-ethyl adjacent to an activating group) is 1. The van der Waals surface area contributed by atoms with Crippen molar-refractivity contribution in [3.63, 3.8) is 0 Å². The summed E-state index contributed by atoms with van der Waals surface area (Å²) in [5.74, 6) is 1.28. The van der Waals surface area contributed by atoms with Crippen LogP contribution in [0.15, 0.2) is 59.1 Å². The van der Waals surface area contributed by atoms with E-state index in [0.29, 0.717) is 35.9 Å². The number of hydrogen-bond acceptors (Lipinski definition) is 7. The molecule has 40 heavy (non-hydrogen) atoms. The molecule has 4 heterocycles. The number of carbonyl (C=O) groups is 3. The molecule has 0 aromatic heterocycles. The number of benzene rings is 2. The van der Waals surface area contributed by atoms with Crippen molar-refractivity contribution in [2.75, 3.05) is 38.1 Å². The first-order valence-electron chi connectivity index (χ1n) is 13.7. The predicted molar refractivity (Wildman–Crippen MR) is 154 cm³/mol. The van der Waals surface area contributed by atoms with Crippen LogP contribution >= 0.6 is 11.8 Å². The highest BCUT2D eigenvalue weighted by Gasteiger charge is 2.52. The Balaban J connectivity index is 1.20. The van der Waals surface area contributed by atoms with Crippen LogP contribution in [0.2, 0.25) is 0 Å². The first-order chi connectivity index (χ1) is 19.4. The van der Waals surface area contributed by atoms with Crippen LogP contribution in [0, 0.1) is 12.8 Å². The highest BCUT2D eigenvalue weighted by molar-refractivity contribution is 8.04. The molecule has 11 heteroatoms. The van der Waals surface area contributed by atoms with Gasteiger partial charge >= 0.3 is 6.03 Å². The number of para-hydroxylation sites is 1. The lowest BCUT2D eigenvalue weighted by Gasteiger charge is -2.46. The molecule has 4 aliphatic rings. The van der Waals surface area contributed by atoms with E-state index in [1.807, 2.05) is 60.4 Å². The fraction of sp³-hybridized carbons (Fsp3) is 0.414. The standard InChI is InChI=1S/C29H34N6O4S/c1-17-14-20(39-19-6-4-3-5-7-19)8-9-21(17)35-22-10-12-31-28-24(22)25(33-29(35)38)26(40-28)27(37)32-18-11-13-34(16-18)23(36)15-30-2/h3-9,14,18,22,24,28,30-31H,10-13,15-16H2,1-2H3,(H,32,37)(H,33,38)/t18-,22?,24?,28?/m1/s1. The number of nitrogens with one attached hydrogen (secondary N) is 4. The number of likely N-dealkylation sites (tertiary alicyclic amines) is 1. The highest BCUT2D eigenvalue weighted by Crippen LogP contribution is 2.48. The van der Waals surface area contributed by atoms with Crippen molar-refractivity contribution in [1.29, 1.82) is 0 Å². The summed E-state index contributed by atoms with van der Waals surface area (Å²) in [6, 6.07) is 15.0. The Hall–Kier alpha value is -3.54. The second-order valence-corrected chi connectivity index (χ2v) is 11.8. The van der Waals surface area contributed by atoms with Crippen LogP contribution in [-0.4, -0.2) is 73.4 Å². The van der Waals surface area contributed by atoms with Gasteiger partial charge in [-0.05, 0) is 69.3 Å². The fourth-order valence-corrected chi connectivity index (χ4v) is 7.51. The van der Waals surface area contributed by atoms with Gasteiger partial charge in [-0.3, -0.25) is 14.5 Å². The predicted octanol–water partition coefficient (Wildman–Crippen LogP) is 2.52. The molecular weight excluding hydrogens is 528 g/mol. The first-order valence-corrected chi connectivity index (χ1v) is 14.6. The Morgan fingerprint density at radius 3 is 2.73 bits per heavy atom. The van der Waals surface area contributed by atoms with Crippen LogP contribution in [0.25, 0.3) is 0 Å². The second kappa shape index (κ2) is 11.1. The minimum atomic E-state index is -0.228. The topological polar surface area (TPSA) is 115 Å². The van der Waals surface area contributed by atoms with Crippen molar-refractivity contribution >= 4 is 35.3 Å². The van der Waals surface area contributed by atoms with E-state index in [4.69, 9.17) is 4.74 Å². The van der Waals surface area contributed by atoms with E-state index in [-0.39, 0.29) is 47.8 Å². The molecule has 3 fully saturated rings. The van der Waals surface area contributed by atoms with Gasteiger partial charge in [0.2, 0.25) is 5.91 Å². The molecule has 4 aliphatic heterocycles. The van der Waals surface area contributed by atoms with Crippen LogP contribution in [-0.2, 0) is 9.59 Å². The number of piperidine rings is 1. The van der Waals surface area contributed by atoms with Gasteiger partial charge in [0, 0.05) is 36.4 Å². The Bertz CT molecular complexity index is 1350. The number of rotatable bonds is 7. The Kier molecular flexibility index (Phi) is 7.43. The lowest BCUT2D eigenvalue weighted by Crippen LogP contribution is -2.62. The zero-order valence-corrected chi connectivity index (χ0v) is 23.4. The lowest BCUT2D eigenvalue weighted by atomic mass is 9.86. The molecule has 3 unspecified atom stereocenters.